The summed E-state index contributed by atoms with van der Waals surface area (Å²) >= 11 is 0. The molecule has 0 fully saturated rings. The summed E-state index contributed by atoms with van der Waals surface area (Å²) in [7, 11) is 1.67. The van der Waals surface area contributed by atoms with Crippen LogP contribution in [0, 0.1) is 6.92 Å². The Hall–Kier alpha value is -1.24. The van der Waals surface area contributed by atoms with Crippen molar-refractivity contribution in [3.05, 3.63) is 43.3 Å². The molecular formula is C12H15O. The molecule has 1 aromatic carbocycles. The smallest absolute Gasteiger partial charge is 0.118 e. The summed E-state index contributed by atoms with van der Waals surface area (Å²) in [6.45, 7) is 7.79. The van der Waals surface area contributed by atoms with Gasteiger partial charge in [-0.3, -0.25) is 0 Å². The van der Waals surface area contributed by atoms with Crippen LogP contribution in [0.3, 0.4) is 0 Å². The zero-order valence-electron chi connectivity index (χ0n) is 8.05. The minimum Gasteiger partial charge on any atom is -0.497 e. The van der Waals surface area contributed by atoms with E-state index in [-0.39, 0.29) is 0 Å². The van der Waals surface area contributed by atoms with E-state index >= 15 is 0 Å². The molecule has 0 unspecified atom stereocenters. The van der Waals surface area contributed by atoms with Crippen LogP contribution in [0.15, 0.2) is 30.8 Å². The second kappa shape index (κ2) is 4.70. The standard InChI is InChI=1S/C12H15O/c1-4-5-10(2)11-6-8-12(13-3)9-7-11/h6-9H,1-2,4-5H2,3H3. The maximum Gasteiger partial charge on any atom is 0.118 e. The van der Waals surface area contributed by atoms with Crippen molar-refractivity contribution >= 4 is 5.57 Å². The first-order chi connectivity index (χ1) is 6.27. The second-order valence-electron chi connectivity index (χ2n) is 2.94. The minimum absolute atomic E-state index is 0.881. The zero-order valence-corrected chi connectivity index (χ0v) is 8.05. The number of allylic oxidation sites excluding steroid dienone is 1. The predicted octanol–water partition coefficient (Wildman–Crippen LogP) is 3.32. The second-order valence-corrected chi connectivity index (χ2v) is 2.94. The molecule has 0 saturated heterocycles. The van der Waals surface area contributed by atoms with E-state index in [0.717, 1.165) is 24.2 Å². The quantitative estimate of drug-likeness (QED) is 0.682. The van der Waals surface area contributed by atoms with Crippen LogP contribution in [-0.2, 0) is 0 Å². The highest BCUT2D eigenvalue weighted by Crippen LogP contribution is 2.20. The van der Waals surface area contributed by atoms with Gasteiger partial charge >= 0.3 is 0 Å². The Kier molecular flexibility index (Phi) is 3.56. The van der Waals surface area contributed by atoms with Crippen LogP contribution >= 0.6 is 0 Å². The van der Waals surface area contributed by atoms with Crippen LogP contribution in [0.5, 0.6) is 5.75 Å². The Morgan fingerprint density at radius 3 is 2.38 bits per heavy atom. The first kappa shape index (κ1) is 9.85. The maximum atomic E-state index is 5.07. The van der Waals surface area contributed by atoms with Gasteiger partial charge in [-0.25, -0.2) is 0 Å². The molecule has 0 aliphatic carbocycles. The van der Waals surface area contributed by atoms with E-state index in [1.54, 1.807) is 7.11 Å². The Bertz CT molecular complexity index is 272. The third kappa shape index (κ3) is 2.62. The van der Waals surface area contributed by atoms with Crippen molar-refractivity contribution in [3.63, 3.8) is 0 Å². The molecule has 0 heterocycles. The molecule has 13 heavy (non-hydrogen) atoms. The summed E-state index contributed by atoms with van der Waals surface area (Å²) in [4.78, 5) is 0. The summed E-state index contributed by atoms with van der Waals surface area (Å²) in [6.07, 6.45) is 1.84. The monoisotopic (exact) mass is 175 g/mol. The van der Waals surface area contributed by atoms with Crippen LogP contribution in [0.2, 0.25) is 0 Å². The van der Waals surface area contributed by atoms with Gasteiger partial charge in [-0.1, -0.05) is 25.6 Å². The van der Waals surface area contributed by atoms with Gasteiger partial charge in [0, 0.05) is 0 Å². The third-order valence-corrected chi connectivity index (χ3v) is 1.98. The predicted molar refractivity (Wildman–Crippen MR) is 56.6 cm³/mol. The Labute approximate surface area is 80.0 Å². The van der Waals surface area contributed by atoms with Gasteiger partial charge in [0.05, 0.1) is 7.11 Å². The van der Waals surface area contributed by atoms with Crippen LogP contribution in [0.1, 0.15) is 18.4 Å². The van der Waals surface area contributed by atoms with Crippen molar-refractivity contribution < 1.29 is 4.74 Å². The van der Waals surface area contributed by atoms with Crippen molar-refractivity contribution in [2.75, 3.05) is 7.11 Å². The molecule has 0 saturated carbocycles. The highest BCUT2D eigenvalue weighted by molar-refractivity contribution is 5.63. The van der Waals surface area contributed by atoms with E-state index in [4.69, 9.17) is 4.74 Å². The highest BCUT2D eigenvalue weighted by Gasteiger charge is 1.97. The summed E-state index contributed by atoms with van der Waals surface area (Å²) < 4.78 is 5.07. The minimum atomic E-state index is 0.881. The van der Waals surface area contributed by atoms with E-state index in [1.807, 2.05) is 24.3 Å². The fourth-order valence-corrected chi connectivity index (χ4v) is 1.18. The molecule has 1 nitrogen and oxygen atoms in total. The van der Waals surface area contributed by atoms with Crippen molar-refractivity contribution in [2.24, 2.45) is 0 Å². The number of hydrogen-bond acceptors (Lipinski definition) is 1. The number of ether oxygens (including phenoxy) is 1. The molecule has 0 aliphatic heterocycles. The van der Waals surface area contributed by atoms with Gasteiger partial charge in [-0.2, -0.15) is 0 Å². The first-order valence-corrected chi connectivity index (χ1v) is 4.39. The number of hydrogen-bond donors (Lipinski definition) is 0. The Balaban J connectivity index is 2.74. The first-order valence-electron chi connectivity index (χ1n) is 4.39. The topological polar surface area (TPSA) is 9.23 Å². The molecule has 0 bridgehead atoms. The summed E-state index contributed by atoms with van der Waals surface area (Å²) in [5, 5.41) is 0. The molecule has 0 aromatic heterocycles. The van der Waals surface area contributed by atoms with Crippen LogP contribution in [-0.4, -0.2) is 7.11 Å². The lowest BCUT2D eigenvalue weighted by molar-refractivity contribution is 0.415. The highest BCUT2D eigenvalue weighted by atomic mass is 16.5. The van der Waals surface area contributed by atoms with E-state index < -0.39 is 0 Å². The fourth-order valence-electron chi connectivity index (χ4n) is 1.18. The molecule has 1 aromatic rings. The number of benzene rings is 1. The van der Waals surface area contributed by atoms with Gasteiger partial charge in [0.25, 0.3) is 0 Å². The Morgan fingerprint density at radius 1 is 1.31 bits per heavy atom. The molecule has 1 radical (unpaired) electrons. The number of methoxy groups -OCH3 is 1. The lowest BCUT2D eigenvalue weighted by Crippen LogP contribution is -1.85. The van der Waals surface area contributed by atoms with Crippen LogP contribution in [0.25, 0.3) is 5.57 Å². The molecule has 0 N–H and O–H groups in total. The van der Waals surface area contributed by atoms with Crippen LogP contribution < -0.4 is 4.74 Å². The van der Waals surface area contributed by atoms with Gasteiger partial charge in [-0.05, 0) is 36.1 Å². The van der Waals surface area contributed by atoms with E-state index in [9.17, 15) is 0 Å². The SMILES string of the molecule is [CH2]CCC(=C)c1ccc(OC)cc1. The summed E-state index contributed by atoms with van der Waals surface area (Å²) in [5.41, 5.74) is 2.31. The van der Waals surface area contributed by atoms with Crippen molar-refractivity contribution in [1.82, 2.24) is 0 Å². The zero-order chi connectivity index (χ0) is 9.68. The van der Waals surface area contributed by atoms with E-state index in [2.05, 4.69) is 13.5 Å². The molecule has 0 spiro atoms. The van der Waals surface area contributed by atoms with Gasteiger partial charge in [0.2, 0.25) is 0 Å². The molecule has 0 atom stereocenters. The molecule has 0 amide bonds. The normalized spacial score (nSPS) is 9.69. The van der Waals surface area contributed by atoms with Gasteiger partial charge < -0.3 is 4.74 Å². The van der Waals surface area contributed by atoms with E-state index in [1.165, 1.54) is 5.56 Å². The van der Waals surface area contributed by atoms with Crippen molar-refractivity contribution in [2.45, 2.75) is 12.8 Å². The molecule has 1 rings (SSSR count). The van der Waals surface area contributed by atoms with Crippen molar-refractivity contribution in [1.29, 1.82) is 0 Å². The maximum absolute atomic E-state index is 5.07. The van der Waals surface area contributed by atoms with E-state index in [0.29, 0.717) is 0 Å². The van der Waals surface area contributed by atoms with Gasteiger partial charge in [0.15, 0.2) is 0 Å². The molecule has 1 heteroatoms. The number of rotatable bonds is 4. The molecule has 0 aliphatic rings. The lowest BCUT2D eigenvalue weighted by atomic mass is 10.0. The fraction of sp³-hybridized carbons (Fsp3) is 0.250. The molecule has 69 valence electrons. The van der Waals surface area contributed by atoms with Crippen LogP contribution in [0.4, 0.5) is 0 Å². The summed E-state index contributed by atoms with van der Waals surface area (Å²) in [5.74, 6) is 0.881. The average molecular weight is 175 g/mol. The largest absolute Gasteiger partial charge is 0.497 e. The molecular weight excluding hydrogens is 160 g/mol. The third-order valence-electron chi connectivity index (χ3n) is 1.98. The van der Waals surface area contributed by atoms with Crippen molar-refractivity contribution in [3.8, 4) is 5.75 Å². The van der Waals surface area contributed by atoms with Gasteiger partial charge in [-0.15, -0.1) is 0 Å². The summed E-state index contributed by atoms with van der Waals surface area (Å²) in [6, 6.07) is 7.95. The van der Waals surface area contributed by atoms with Gasteiger partial charge in [0.1, 0.15) is 5.75 Å². The lowest BCUT2D eigenvalue weighted by Gasteiger charge is -2.05. The average Bonchev–Trinajstić information content (AvgIpc) is 2.18. The Morgan fingerprint density at radius 2 is 1.92 bits per heavy atom.